The number of rotatable bonds is 5. The van der Waals surface area contributed by atoms with E-state index in [-0.39, 0.29) is 11.1 Å². The molecule has 0 unspecified atom stereocenters. The van der Waals surface area contributed by atoms with Crippen LogP contribution in [0, 0.1) is 0 Å². The first-order chi connectivity index (χ1) is 16.6. The van der Waals surface area contributed by atoms with Gasteiger partial charge in [0.25, 0.3) is 0 Å². The average Bonchev–Trinajstić information content (AvgIpc) is 3.35. The third-order valence-electron chi connectivity index (χ3n) is 6.79. The number of fused-ring (bicyclic) bond motifs is 1. The van der Waals surface area contributed by atoms with Gasteiger partial charge >= 0.3 is 0 Å². The van der Waals surface area contributed by atoms with Gasteiger partial charge in [-0.3, -0.25) is 4.98 Å². The number of nitrogens with zero attached hydrogens (tertiary/aromatic N) is 6. The molecule has 1 aliphatic rings. The zero-order valence-electron chi connectivity index (χ0n) is 21.3. The number of ether oxygens (including phenoxy) is 1. The minimum Gasteiger partial charge on any atom is -0.496 e. The highest BCUT2D eigenvalue weighted by atomic mass is 16.5. The van der Waals surface area contributed by atoms with Gasteiger partial charge in [-0.25, -0.2) is 4.98 Å². The van der Waals surface area contributed by atoms with Crippen molar-refractivity contribution in [3.05, 3.63) is 55.2 Å². The van der Waals surface area contributed by atoms with Crippen LogP contribution in [0.15, 0.2) is 55.2 Å². The standard InChI is InChI=1S/C27H33N7O/c1-26(2)14-20(15-27(3,4)32-26)33(5)25-8-7-22(30-31-25)21-12-18-11-19(34-10-9-28-17-34)16-29-23(18)13-24(21)35-6/h7-13,16-17,20,32H,14-15H2,1-6H3. The van der Waals surface area contributed by atoms with Crippen LogP contribution in [0.25, 0.3) is 27.8 Å². The van der Waals surface area contributed by atoms with Gasteiger partial charge in [-0.15, -0.1) is 10.2 Å². The molecule has 0 aliphatic carbocycles. The fourth-order valence-corrected chi connectivity index (χ4v) is 5.45. The maximum atomic E-state index is 5.69. The lowest BCUT2D eigenvalue weighted by Crippen LogP contribution is -2.62. The molecule has 5 rings (SSSR count). The second kappa shape index (κ2) is 8.61. The molecule has 1 aliphatic heterocycles. The van der Waals surface area contributed by atoms with Crippen LogP contribution in [0.5, 0.6) is 5.75 Å². The summed E-state index contributed by atoms with van der Waals surface area (Å²) in [5.41, 5.74) is 3.58. The monoisotopic (exact) mass is 471 g/mol. The summed E-state index contributed by atoms with van der Waals surface area (Å²) in [5.74, 6) is 1.59. The Balaban J connectivity index is 1.46. The lowest BCUT2D eigenvalue weighted by molar-refractivity contribution is 0.160. The van der Waals surface area contributed by atoms with Crippen molar-refractivity contribution >= 4 is 16.7 Å². The molecule has 0 amide bonds. The Morgan fingerprint density at radius 1 is 1.06 bits per heavy atom. The van der Waals surface area contributed by atoms with Crippen molar-refractivity contribution in [1.29, 1.82) is 0 Å². The molecule has 0 saturated carbocycles. The number of benzene rings is 1. The number of methoxy groups -OCH3 is 1. The van der Waals surface area contributed by atoms with Crippen molar-refractivity contribution in [2.24, 2.45) is 0 Å². The van der Waals surface area contributed by atoms with Crippen LogP contribution >= 0.6 is 0 Å². The first kappa shape index (κ1) is 23.2. The third-order valence-corrected chi connectivity index (χ3v) is 6.79. The quantitative estimate of drug-likeness (QED) is 0.454. The molecule has 1 saturated heterocycles. The van der Waals surface area contributed by atoms with E-state index in [1.54, 1.807) is 19.6 Å². The van der Waals surface area contributed by atoms with Gasteiger partial charge in [-0.1, -0.05) is 0 Å². The Morgan fingerprint density at radius 2 is 1.83 bits per heavy atom. The topological polar surface area (TPSA) is 81.0 Å². The van der Waals surface area contributed by atoms with Crippen LogP contribution in [0.3, 0.4) is 0 Å². The third kappa shape index (κ3) is 4.71. The molecule has 4 aromatic rings. The Morgan fingerprint density at radius 3 is 2.46 bits per heavy atom. The smallest absolute Gasteiger partial charge is 0.151 e. The van der Waals surface area contributed by atoms with Gasteiger partial charge in [0.1, 0.15) is 5.75 Å². The molecule has 182 valence electrons. The fourth-order valence-electron chi connectivity index (χ4n) is 5.45. The largest absolute Gasteiger partial charge is 0.496 e. The summed E-state index contributed by atoms with van der Waals surface area (Å²) < 4.78 is 7.62. The molecule has 8 heteroatoms. The molecule has 8 nitrogen and oxygen atoms in total. The first-order valence-corrected chi connectivity index (χ1v) is 12.0. The van der Waals surface area contributed by atoms with Crippen LogP contribution in [0.1, 0.15) is 40.5 Å². The number of anilines is 1. The summed E-state index contributed by atoms with van der Waals surface area (Å²) in [6, 6.07) is 10.5. The van der Waals surface area contributed by atoms with Crippen LogP contribution in [-0.4, -0.2) is 56.0 Å². The van der Waals surface area contributed by atoms with Crippen molar-refractivity contribution in [3.63, 3.8) is 0 Å². The Bertz CT molecular complexity index is 1310. The van der Waals surface area contributed by atoms with E-state index >= 15 is 0 Å². The van der Waals surface area contributed by atoms with Gasteiger partial charge in [-0.2, -0.15) is 0 Å². The van der Waals surface area contributed by atoms with Crippen molar-refractivity contribution in [2.45, 2.75) is 57.7 Å². The van der Waals surface area contributed by atoms with E-state index in [4.69, 9.17) is 4.74 Å². The van der Waals surface area contributed by atoms with Crippen molar-refractivity contribution in [1.82, 2.24) is 30.0 Å². The Labute approximate surface area is 206 Å². The highest BCUT2D eigenvalue weighted by molar-refractivity contribution is 5.88. The second-order valence-electron chi connectivity index (χ2n) is 10.8. The highest BCUT2D eigenvalue weighted by Crippen LogP contribution is 2.35. The molecule has 0 spiro atoms. The zero-order valence-corrected chi connectivity index (χ0v) is 21.3. The number of aromatic nitrogens is 5. The molecule has 1 aromatic carbocycles. The van der Waals surface area contributed by atoms with Crippen molar-refractivity contribution in [2.75, 3.05) is 19.1 Å². The fraction of sp³-hybridized carbons (Fsp3) is 0.407. The van der Waals surface area contributed by atoms with Crippen molar-refractivity contribution < 1.29 is 4.74 Å². The molecule has 3 aromatic heterocycles. The SMILES string of the molecule is COc1cc2ncc(-n3ccnc3)cc2cc1-c1ccc(N(C)C2CC(C)(C)NC(C)(C)C2)nn1. The molecule has 0 radical (unpaired) electrons. The summed E-state index contributed by atoms with van der Waals surface area (Å²) in [5, 5.41) is 14.0. The van der Waals surface area contributed by atoms with Gasteiger partial charge in [0.05, 0.1) is 36.5 Å². The van der Waals surface area contributed by atoms with E-state index in [0.29, 0.717) is 6.04 Å². The van der Waals surface area contributed by atoms with Crippen LogP contribution in [0.2, 0.25) is 0 Å². The lowest BCUT2D eigenvalue weighted by Gasteiger charge is -2.49. The van der Waals surface area contributed by atoms with Gasteiger partial charge in [0, 0.05) is 53.6 Å². The minimum absolute atomic E-state index is 0.0656. The van der Waals surface area contributed by atoms with E-state index in [2.05, 4.69) is 77.3 Å². The summed E-state index contributed by atoms with van der Waals surface area (Å²) in [7, 11) is 3.78. The predicted octanol–water partition coefficient (Wildman–Crippen LogP) is 4.63. The van der Waals surface area contributed by atoms with Crippen LogP contribution in [-0.2, 0) is 0 Å². The molecule has 4 heterocycles. The van der Waals surface area contributed by atoms with E-state index in [0.717, 1.165) is 52.3 Å². The number of piperidine rings is 1. The highest BCUT2D eigenvalue weighted by Gasteiger charge is 2.39. The minimum atomic E-state index is 0.0656. The maximum absolute atomic E-state index is 5.69. The molecular weight excluding hydrogens is 438 g/mol. The molecule has 0 bridgehead atoms. The summed E-state index contributed by atoms with van der Waals surface area (Å²) in [6.07, 6.45) is 9.33. The average molecular weight is 472 g/mol. The maximum Gasteiger partial charge on any atom is 0.151 e. The first-order valence-electron chi connectivity index (χ1n) is 12.0. The number of nitrogens with one attached hydrogen (secondary N) is 1. The van der Waals surface area contributed by atoms with Gasteiger partial charge < -0.3 is 19.5 Å². The molecule has 1 fully saturated rings. The molecule has 1 N–H and O–H groups in total. The second-order valence-corrected chi connectivity index (χ2v) is 10.8. The van der Waals surface area contributed by atoms with E-state index in [1.807, 2.05) is 35.2 Å². The molecular formula is C27H33N7O. The number of hydrogen-bond acceptors (Lipinski definition) is 7. The van der Waals surface area contributed by atoms with E-state index in [9.17, 15) is 0 Å². The van der Waals surface area contributed by atoms with Gasteiger partial charge in [0.15, 0.2) is 5.82 Å². The Kier molecular flexibility index (Phi) is 5.71. The van der Waals surface area contributed by atoms with E-state index < -0.39 is 0 Å². The zero-order chi connectivity index (χ0) is 24.8. The van der Waals surface area contributed by atoms with Crippen LogP contribution in [0.4, 0.5) is 5.82 Å². The molecule has 35 heavy (non-hydrogen) atoms. The number of imidazole rings is 1. The lowest BCUT2D eigenvalue weighted by atomic mass is 9.79. The normalized spacial score (nSPS) is 17.4. The van der Waals surface area contributed by atoms with Gasteiger partial charge in [0.2, 0.25) is 0 Å². The van der Waals surface area contributed by atoms with Crippen molar-refractivity contribution in [3.8, 4) is 22.7 Å². The summed E-state index contributed by atoms with van der Waals surface area (Å²) in [4.78, 5) is 11.0. The number of hydrogen-bond donors (Lipinski definition) is 1. The predicted molar refractivity (Wildman–Crippen MR) is 139 cm³/mol. The number of pyridine rings is 1. The van der Waals surface area contributed by atoms with Gasteiger partial charge in [-0.05, 0) is 64.8 Å². The van der Waals surface area contributed by atoms with Crippen LogP contribution < -0.4 is 15.0 Å². The van der Waals surface area contributed by atoms with E-state index in [1.165, 1.54) is 0 Å². The Hall–Kier alpha value is -3.52. The summed E-state index contributed by atoms with van der Waals surface area (Å²) >= 11 is 0. The summed E-state index contributed by atoms with van der Waals surface area (Å²) in [6.45, 7) is 9.07. The molecule has 0 atom stereocenters.